The highest BCUT2D eigenvalue weighted by atomic mass is 19.1. The molecule has 2 nitrogen and oxygen atoms in total. The summed E-state index contributed by atoms with van der Waals surface area (Å²) in [5, 5.41) is 9.48. The quantitative estimate of drug-likeness (QED) is 0.854. The predicted octanol–water partition coefficient (Wildman–Crippen LogP) is 3.42. The molecule has 0 saturated heterocycles. The van der Waals surface area contributed by atoms with Crippen molar-refractivity contribution in [2.75, 3.05) is 0 Å². The molecule has 0 amide bonds. The van der Waals surface area contributed by atoms with Crippen molar-refractivity contribution in [3.05, 3.63) is 35.1 Å². The maximum absolute atomic E-state index is 13.6. The first-order valence-electron chi connectivity index (χ1n) is 6.06. The lowest BCUT2D eigenvalue weighted by molar-refractivity contribution is -0.145. The summed E-state index contributed by atoms with van der Waals surface area (Å²) >= 11 is 0. The minimum atomic E-state index is -0.868. The highest BCUT2D eigenvalue weighted by molar-refractivity contribution is 5.81. The van der Waals surface area contributed by atoms with Crippen molar-refractivity contribution in [2.45, 2.75) is 44.4 Å². The Morgan fingerprint density at radius 1 is 1.29 bits per heavy atom. The summed E-state index contributed by atoms with van der Waals surface area (Å²) in [5.74, 6) is -1.13. The van der Waals surface area contributed by atoms with Gasteiger partial charge in [-0.05, 0) is 37.0 Å². The first-order chi connectivity index (χ1) is 8.06. The standard InChI is InChI=1S/C14H17FO2/c1-10-5-6-11(9-12(10)15)14(13(16)17)7-3-2-4-8-14/h5-6,9H,2-4,7-8H2,1H3,(H,16,17). The normalized spacial score (nSPS) is 18.9. The van der Waals surface area contributed by atoms with Crippen molar-refractivity contribution in [2.24, 2.45) is 0 Å². The van der Waals surface area contributed by atoms with Crippen LogP contribution in [0.5, 0.6) is 0 Å². The summed E-state index contributed by atoms with van der Waals surface area (Å²) in [6, 6.07) is 4.83. The maximum Gasteiger partial charge on any atom is 0.314 e. The van der Waals surface area contributed by atoms with Crippen LogP contribution in [0.4, 0.5) is 4.39 Å². The van der Waals surface area contributed by atoms with Crippen molar-refractivity contribution in [1.82, 2.24) is 0 Å². The van der Waals surface area contributed by atoms with E-state index in [0.717, 1.165) is 19.3 Å². The van der Waals surface area contributed by atoms with Gasteiger partial charge in [-0.2, -0.15) is 0 Å². The first kappa shape index (κ1) is 12.1. The van der Waals surface area contributed by atoms with E-state index in [9.17, 15) is 14.3 Å². The van der Waals surface area contributed by atoms with E-state index < -0.39 is 11.4 Å². The second kappa shape index (κ2) is 4.47. The lowest BCUT2D eigenvalue weighted by atomic mass is 9.69. The van der Waals surface area contributed by atoms with Crippen LogP contribution in [0.1, 0.15) is 43.2 Å². The SMILES string of the molecule is Cc1ccc(C2(C(=O)O)CCCCC2)cc1F. The molecule has 0 unspecified atom stereocenters. The van der Waals surface area contributed by atoms with E-state index in [-0.39, 0.29) is 5.82 Å². The molecule has 17 heavy (non-hydrogen) atoms. The topological polar surface area (TPSA) is 37.3 Å². The van der Waals surface area contributed by atoms with Gasteiger partial charge < -0.3 is 5.11 Å². The Morgan fingerprint density at radius 2 is 1.94 bits per heavy atom. The highest BCUT2D eigenvalue weighted by Crippen LogP contribution is 2.40. The lowest BCUT2D eigenvalue weighted by Gasteiger charge is -2.33. The Bertz CT molecular complexity index is 434. The second-order valence-electron chi connectivity index (χ2n) is 4.91. The van der Waals surface area contributed by atoms with Gasteiger partial charge in [0.2, 0.25) is 0 Å². The van der Waals surface area contributed by atoms with Crippen molar-refractivity contribution < 1.29 is 14.3 Å². The monoisotopic (exact) mass is 236 g/mol. The first-order valence-corrected chi connectivity index (χ1v) is 6.06. The molecule has 1 fully saturated rings. The maximum atomic E-state index is 13.6. The zero-order valence-electron chi connectivity index (χ0n) is 10.0. The third-order valence-electron chi connectivity index (χ3n) is 3.84. The van der Waals surface area contributed by atoms with E-state index >= 15 is 0 Å². The number of hydrogen-bond acceptors (Lipinski definition) is 1. The highest BCUT2D eigenvalue weighted by Gasteiger charge is 2.41. The molecule has 1 aliphatic rings. The molecule has 1 aromatic carbocycles. The van der Waals surface area contributed by atoms with E-state index in [4.69, 9.17) is 0 Å². The van der Waals surface area contributed by atoms with Crippen LogP contribution in [-0.4, -0.2) is 11.1 Å². The van der Waals surface area contributed by atoms with E-state index in [1.807, 2.05) is 0 Å². The van der Waals surface area contributed by atoms with Gasteiger partial charge in [0.15, 0.2) is 0 Å². The largest absolute Gasteiger partial charge is 0.481 e. The van der Waals surface area contributed by atoms with Gasteiger partial charge in [-0.1, -0.05) is 31.4 Å². The van der Waals surface area contributed by atoms with Gasteiger partial charge in [0, 0.05) is 0 Å². The molecule has 1 N–H and O–H groups in total. The zero-order valence-corrected chi connectivity index (χ0v) is 10.0. The Morgan fingerprint density at radius 3 is 2.47 bits per heavy atom. The molecule has 0 spiro atoms. The molecule has 2 rings (SSSR count). The van der Waals surface area contributed by atoms with Crippen molar-refractivity contribution in [3.63, 3.8) is 0 Å². The van der Waals surface area contributed by atoms with Crippen molar-refractivity contribution in [3.8, 4) is 0 Å². The van der Waals surface area contributed by atoms with Crippen LogP contribution in [0.25, 0.3) is 0 Å². The van der Waals surface area contributed by atoms with Crippen LogP contribution in [0, 0.1) is 12.7 Å². The fourth-order valence-electron chi connectivity index (χ4n) is 2.67. The van der Waals surface area contributed by atoms with Gasteiger partial charge >= 0.3 is 5.97 Å². The Kier molecular flexibility index (Phi) is 3.18. The second-order valence-corrected chi connectivity index (χ2v) is 4.91. The number of carboxylic acid groups (broad SMARTS) is 1. The molecular formula is C14H17FO2. The van der Waals surface area contributed by atoms with E-state index in [2.05, 4.69) is 0 Å². The fourth-order valence-corrected chi connectivity index (χ4v) is 2.67. The molecular weight excluding hydrogens is 219 g/mol. The molecule has 0 aromatic heterocycles. The number of benzene rings is 1. The van der Waals surface area contributed by atoms with Crippen LogP contribution in [-0.2, 0) is 10.2 Å². The van der Waals surface area contributed by atoms with Gasteiger partial charge in [0.1, 0.15) is 5.82 Å². The van der Waals surface area contributed by atoms with Gasteiger partial charge in [-0.25, -0.2) is 4.39 Å². The Hall–Kier alpha value is -1.38. The van der Waals surface area contributed by atoms with Crippen molar-refractivity contribution >= 4 is 5.97 Å². The van der Waals surface area contributed by atoms with Crippen LogP contribution < -0.4 is 0 Å². The van der Waals surface area contributed by atoms with E-state index in [0.29, 0.717) is 24.0 Å². The van der Waals surface area contributed by atoms with Crippen LogP contribution >= 0.6 is 0 Å². The summed E-state index contributed by atoms with van der Waals surface area (Å²) in [5.41, 5.74) is 0.310. The smallest absolute Gasteiger partial charge is 0.314 e. The van der Waals surface area contributed by atoms with Gasteiger partial charge in [0.05, 0.1) is 5.41 Å². The number of halogens is 1. The summed E-state index contributed by atoms with van der Waals surface area (Å²) < 4.78 is 13.6. The number of aliphatic carboxylic acids is 1. The average molecular weight is 236 g/mol. The molecule has 3 heteroatoms. The van der Waals surface area contributed by atoms with E-state index in [1.54, 1.807) is 19.1 Å². The summed E-state index contributed by atoms with van der Waals surface area (Å²) in [6.45, 7) is 1.69. The summed E-state index contributed by atoms with van der Waals surface area (Å²) in [7, 11) is 0. The third-order valence-corrected chi connectivity index (χ3v) is 3.84. The molecule has 0 bridgehead atoms. The Labute approximate surface area is 100 Å². The number of rotatable bonds is 2. The van der Waals surface area contributed by atoms with Crippen LogP contribution in [0.2, 0.25) is 0 Å². The van der Waals surface area contributed by atoms with Gasteiger partial charge in [-0.3, -0.25) is 4.79 Å². The number of aryl methyl sites for hydroxylation is 1. The van der Waals surface area contributed by atoms with Gasteiger partial charge in [-0.15, -0.1) is 0 Å². The Balaban J connectivity index is 2.45. The van der Waals surface area contributed by atoms with Gasteiger partial charge in [0.25, 0.3) is 0 Å². The zero-order chi connectivity index (χ0) is 12.5. The number of hydrogen-bond donors (Lipinski definition) is 1. The lowest BCUT2D eigenvalue weighted by Crippen LogP contribution is -2.37. The molecule has 1 aliphatic carbocycles. The predicted molar refractivity (Wildman–Crippen MR) is 63.5 cm³/mol. The minimum Gasteiger partial charge on any atom is -0.481 e. The van der Waals surface area contributed by atoms with Crippen molar-refractivity contribution in [1.29, 1.82) is 0 Å². The molecule has 1 aromatic rings. The molecule has 92 valence electrons. The van der Waals surface area contributed by atoms with Crippen LogP contribution in [0.15, 0.2) is 18.2 Å². The van der Waals surface area contributed by atoms with E-state index in [1.165, 1.54) is 6.07 Å². The molecule has 0 aliphatic heterocycles. The fraction of sp³-hybridized carbons (Fsp3) is 0.500. The summed E-state index contributed by atoms with van der Waals surface area (Å²) in [4.78, 5) is 11.6. The third kappa shape index (κ3) is 2.06. The molecule has 1 saturated carbocycles. The molecule has 0 radical (unpaired) electrons. The number of carbonyl (C=O) groups is 1. The minimum absolute atomic E-state index is 0.311. The molecule has 0 heterocycles. The average Bonchev–Trinajstić information content (AvgIpc) is 2.33. The number of carboxylic acids is 1. The summed E-state index contributed by atoms with van der Waals surface area (Å²) in [6.07, 6.45) is 4.11. The van der Waals surface area contributed by atoms with Crippen LogP contribution in [0.3, 0.4) is 0 Å². The molecule has 0 atom stereocenters.